The van der Waals surface area contributed by atoms with Crippen molar-refractivity contribution in [2.24, 2.45) is 5.73 Å². The molecule has 2 amide bonds. The molecule has 2 aromatic rings. The number of amides is 2. The maximum Gasteiger partial charge on any atom is 0.319 e. The summed E-state index contributed by atoms with van der Waals surface area (Å²) in [5.41, 5.74) is 8.99. The summed E-state index contributed by atoms with van der Waals surface area (Å²) in [4.78, 5) is 14.0. The third kappa shape index (κ3) is 2.88. The summed E-state index contributed by atoms with van der Waals surface area (Å²) >= 11 is 0. The molecule has 28 heavy (non-hydrogen) atoms. The molecule has 1 heterocycles. The van der Waals surface area contributed by atoms with Gasteiger partial charge in [0.1, 0.15) is 17.5 Å². The Morgan fingerprint density at radius 1 is 1.25 bits per heavy atom. The van der Waals surface area contributed by atoms with Gasteiger partial charge in [0.05, 0.1) is 17.7 Å². The first-order chi connectivity index (χ1) is 13.3. The van der Waals surface area contributed by atoms with E-state index in [0.717, 1.165) is 19.3 Å². The van der Waals surface area contributed by atoms with Crippen LogP contribution in [-0.2, 0) is 12.8 Å². The Morgan fingerprint density at radius 3 is 2.71 bits per heavy atom. The smallest absolute Gasteiger partial charge is 0.319 e. The van der Waals surface area contributed by atoms with E-state index in [-0.39, 0.29) is 0 Å². The average Bonchev–Trinajstić information content (AvgIpc) is 3.12. The zero-order valence-corrected chi connectivity index (χ0v) is 16.0. The van der Waals surface area contributed by atoms with E-state index in [0.29, 0.717) is 22.6 Å². The number of carbonyl (C=O) groups is 1. The quantitative estimate of drug-likeness (QED) is 0.839. The van der Waals surface area contributed by atoms with Gasteiger partial charge in [-0.25, -0.2) is 4.79 Å². The highest BCUT2D eigenvalue weighted by atomic mass is 16.5. The largest absolute Gasteiger partial charge is 0.485 e. The van der Waals surface area contributed by atoms with Crippen molar-refractivity contribution < 1.29 is 14.6 Å². The first-order valence-corrected chi connectivity index (χ1v) is 9.43. The number of primary amides is 1. The highest BCUT2D eigenvalue weighted by Crippen LogP contribution is 2.45. The van der Waals surface area contributed by atoms with Crippen molar-refractivity contribution in [1.82, 2.24) is 0 Å². The molecule has 2 aromatic carbocycles. The number of aliphatic hydroxyl groups is 1. The summed E-state index contributed by atoms with van der Waals surface area (Å²) < 4.78 is 5.96. The van der Waals surface area contributed by atoms with Gasteiger partial charge in [-0.1, -0.05) is 6.07 Å². The normalized spacial score (nSPS) is 21.8. The molecule has 1 aliphatic heterocycles. The molecule has 0 spiro atoms. The molecule has 144 valence electrons. The predicted octanol–water partition coefficient (Wildman–Crippen LogP) is 3.21. The van der Waals surface area contributed by atoms with E-state index in [2.05, 4.69) is 6.07 Å². The number of hydrogen-bond acceptors (Lipinski definition) is 4. The molecule has 3 N–H and O–H groups in total. The molecular weight excluding hydrogens is 354 g/mol. The number of carbonyl (C=O) groups excluding carboxylic acids is 1. The maximum absolute atomic E-state index is 12.6. The van der Waals surface area contributed by atoms with Crippen molar-refractivity contribution in [2.45, 2.75) is 50.9 Å². The van der Waals surface area contributed by atoms with Crippen molar-refractivity contribution in [2.75, 3.05) is 4.90 Å². The van der Waals surface area contributed by atoms with E-state index >= 15 is 0 Å². The number of anilines is 1. The molecule has 0 bridgehead atoms. The number of rotatable bonds is 2. The van der Waals surface area contributed by atoms with E-state index < -0.39 is 23.8 Å². The van der Waals surface area contributed by atoms with Gasteiger partial charge in [0.2, 0.25) is 0 Å². The van der Waals surface area contributed by atoms with Gasteiger partial charge >= 0.3 is 6.03 Å². The Kier molecular flexibility index (Phi) is 4.28. The van der Waals surface area contributed by atoms with E-state index in [1.54, 1.807) is 32.0 Å². The Bertz CT molecular complexity index is 993. The molecule has 2 atom stereocenters. The molecule has 6 heteroatoms. The lowest BCUT2D eigenvalue weighted by atomic mass is 9.84. The number of fused-ring (bicyclic) bond motifs is 2. The Labute approximate surface area is 164 Å². The fourth-order valence-electron chi connectivity index (χ4n) is 4.25. The van der Waals surface area contributed by atoms with Crippen molar-refractivity contribution in [3.63, 3.8) is 0 Å². The van der Waals surface area contributed by atoms with Crippen molar-refractivity contribution in [1.29, 1.82) is 5.26 Å². The van der Waals surface area contributed by atoms with Gasteiger partial charge in [-0.3, -0.25) is 4.90 Å². The second-order valence-electron chi connectivity index (χ2n) is 7.97. The van der Waals surface area contributed by atoms with E-state index in [9.17, 15) is 15.2 Å². The molecule has 2 aliphatic rings. The number of urea groups is 1. The van der Waals surface area contributed by atoms with Crippen molar-refractivity contribution in [3.05, 3.63) is 58.7 Å². The lowest BCUT2D eigenvalue weighted by Crippen LogP contribution is -2.56. The van der Waals surface area contributed by atoms with Crippen molar-refractivity contribution >= 4 is 11.7 Å². The average molecular weight is 377 g/mol. The molecule has 0 radical (unpaired) electrons. The first-order valence-electron chi connectivity index (χ1n) is 9.43. The van der Waals surface area contributed by atoms with E-state index in [4.69, 9.17) is 10.5 Å². The zero-order chi connectivity index (χ0) is 20.1. The number of nitrogens with zero attached hydrogens (tertiary/aromatic N) is 2. The van der Waals surface area contributed by atoms with Crippen LogP contribution >= 0.6 is 0 Å². The minimum atomic E-state index is -1.03. The summed E-state index contributed by atoms with van der Waals surface area (Å²) in [7, 11) is 0. The highest BCUT2D eigenvalue weighted by molar-refractivity contribution is 5.92. The Morgan fingerprint density at radius 2 is 2.00 bits per heavy atom. The number of nitriles is 1. The van der Waals surface area contributed by atoms with Gasteiger partial charge < -0.3 is 15.6 Å². The number of aliphatic hydroxyl groups excluding tert-OH is 1. The van der Waals surface area contributed by atoms with Crippen LogP contribution in [0.1, 0.15) is 48.6 Å². The molecule has 6 nitrogen and oxygen atoms in total. The second kappa shape index (κ2) is 6.54. The van der Waals surface area contributed by atoms with Crippen LogP contribution in [0, 0.1) is 11.3 Å². The van der Waals surface area contributed by atoms with E-state index in [1.807, 2.05) is 18.2 Å². The van der Waals surface area contributed by atoms with Gasteiger partial charge in [-0.2, -0.15) is 5.26 Å². The predicted molar refractivity (Wildman–Crippen MR) is 105 cm³/mol. The Hall–Kier alpha value is -3.04. The number of ether oxygens (including phenoxy) is 1. The fourth-order valence-corrected chi connectivity index (χ4v) is 4.25. The van der Waals surface area contributed by atoms with Crippen LogP contribution in [0.25, 0.3) is 0 Å². The molecule has 1 aliphatic carbocycles. The van der Waals surface area contributed by atoms with Crippen LogP contribution in [0.4, 0.5) is 10.5 Å². The van der Waals surface area contributed by atoms with Gasteiger partial charge in [0.25, 0.3) is 0 Å². The van der Waals surface area contributed by atoms with Crippen LogP contribution in [-0.4, -0.2) is 22.8 Å². The van der Waals surface area contributed by atoms with Gasteiger partial charge in [-0.05, 0) is 74.6 Å². The van der Waals surface area contributed by atoms with Gasteiger partial charge in [0.15, 0.2) is 0 Å². The molecule has 0 aromatic heterocycles. The summed E-state index contributed by atoms with van der Waals surface area (Å²) in [6.07, 6.45) is 2.06. The van der Waals surface area contributed by atoms with Gasteiger partial charge in [0, 0.05) is 11.3 Å². The summed E-state index contributed by atoms with van der Waals surface area (Å²) in [5.74, 6) is 0.534. The third-order valence-electron chi connectivity index (χ3n) is 5.72. The number of hydrogen-bond donors (Lipinski definition) is 2. The lowest BCUT2D eigenvalue weighted by molar-refractivity contribution is -0.0571. The minimum absolute atomic E-state index is 0.428. The highest BCUT2D eigenvalue weighted by Gasteiger charge is 2.47. The van der Waals surface area contributed by atoms with Crippen molar-refractivity contribution in [3.8, 4) is 11.8 Å². The van der Waals surface area contributed by atoms with Crippen LogP contribution in [0.5, 0.6) is 5.75 Å². The monoisotopic (exact) mass is 377 g/mol. The Balaban J connectivity index is 1.88. The zero-order valence-electron chi connectivity index (χ0n) is 16.0. The molecule has 0 saturated heterocycles. The molecular formula is C22H23N3O3. The summed E-state index contributed by atoms with van der Waals surface area (Å²) in [6.45, 7) is 3.54. The SMILES string of the molecule is CC1(C)Oc2ccc(C#N)cc2C(N(C(N)=O)c2ccc3c(c2)CCC3)C1O. The first kappa shape index (κ1) is 18.3. The second-order valence-corrected chi connectivity index (χ2v) is 7.97. The minimum Gasteiger partial charge on any atom is -0.485 e. The van der Waals surface area contributed by atoms with Crippen LogP contribution in [0.3, 0.4) is 0 Å². The molecule has 4 rings (SSSR count). The number of aryl methyl sites for hydroxylation is 2. The molecule has 2 unspecified atom stereocenters. The fraction of sp³-hybridized carbons (Fsp3) is 0.364. The summed E-state index contributed by atoms with van der Waals surface area (Å²) in [6, 6.07) is 11.6. The topological polar surface area (TPSA) is 99.6 Å². The third-order valence-corrected chi connectivity index (χ3v) is 5.72. The van der Waals surface area contributed by atoms with Crippen LogP contribution in [0.15, 0.2) is 36.4 Å². The van der Waals surface area contributed by atoms with E-state index in [1.165, 1.54) is 16.0 Å². The standard InChI is InChI=1S/C22H23N3O3/c1-22(2)20(26)19(17-10-13(12-23)6-9-18(17)28-22)25(21(24)27)16-8-7-14-4-3-5-15(14)11-16/h6-11,19-20,26H,3-5H2,1-2H3,(H2,24,27). The number of benzene rings is 2. The number of nitrogens with two attached hydrogens (primary N) is 1. The van der Waals surface area contributed by atoms with Gasteiger partial charge in [-0.15, -0.1) is 0 Å². The van der Waals surface area contributed by atoms with Crippen LogP contribution < -0.4 is 15.4 Å². The van der Waals surface area contributed by atoms with Crippen LogP contribution in [0.2, 0.25) is 0 Å². The lowest BCUT2D eigenvalue weighted by Gasteiger charge is -2.45. The summed E-state index contributed by atoms with van der Waals surface area (Å²) in [5, 5.41) is 20.4. The molecule has 0 saturated carbocycles. The molecule has 0 fully saturated rings. The maximum atomic E-state index is 12.6.